The Morgan fingerprint density at radius 2 is 1.25 bits per heavy atom. The van der Waals surface area contributed by atoms with Gasteiger partial charge < -0.3 is 13.4 Å². The zero-order valence-electron chi connectivity index (χ0n) is 18.0. The summed E-state index contributed by atoms with van der Waals surface area (Å²) in [5, 5.41) is 0. The Balaban J connectivity index is 5.05. The minimum absolute atomic E-state index is 0.800. The van der Waals surface area contributed by atoms with Gasteiger partial charge in [0.25, 0.3) is 0 Å². The third-order valence-electron chi connectivity index (χ3n) is 5.75. The Hall–Kier alpha value is 0.314. The lowest BCUT2D eigenvalue weighted by atomic mass is 10.3. The van der Waals surface area contributed by atoms with Crippen LogP contribution in [0.25, 0.3) is 0 Å². The molecule has 0 bridgehead atoms. The number of rotatable bonds is 14. The van der Waals surface area contributed by atoms with E-state index in [0.29, 0.717) is 0 Å². The third kappa shape index (κ3) is 6.56. The molecule has 0 radical (unpaired) electrons. The van der Waals surface area contributed by atoms with Crippen molar-refractivity contribution in [2.24, 2.45) is 0 Å². The summed E-state index contributed by atoms with van der Waals surface area (Å²) in [6.45, 7) is 19.7. The van der Waals surface area contributed by atoms with Crippen molar-refractivity contribution >= 4 is 17.5 Å². The van der Waals surface area contributed by atoms with Crippen molar-refractivity contribution in [3.63, 3.8) is 0 Å². The molecule has 3 nitrogen and oxygen atoms in total. The van der Waals surface area contributed by atoms with E-state index in [9.17, 15) is 0 Å². The lowest BCUT2D eigenvalue weighted by Crippen LogP contribution is -2.60. The second-order valence-electron chi connectivity index (χ2n) is 8.09. The van der Waals surface area contributed by atoms with Crippen molar-refractivity contribution < 1.29 is 8.85 Å². The first-order chi connectivity index (χ1) is 11.3. The average Bonchev–Trinajstić information content (AvgIpc) is 2.51. The fraction of sp³-hybridized carbons (Fsp3) is 1.00. The largest absolute Gasteiger partial charge is 0.400 e. The maximum atomic E-state index is 5.47. The van der Waals surface area contributed by atoms with Crippen LogP contribution in [-0.4, -0.2) is 49.4 Å². The van der Waals surface area contributed by atoms with Gasteiger partial charge in [0, 0.05) is 14.2 Å². The quantitative estimate of drug-likeness (QED) is 0.293. The fourth-order valence-electron chi connectivity index (χ4n) is 4.89. The molecule has 0 aliphatic rings. The van der Waals surface area contributed by atoms with Gasteiger partial charge in [-0.3, -0.25) is 0 Å². The van der Waals surface area contributed by atoms with Gasteiger partial charge in [0.2, 0.25) is 0 Å². The minimum Gasteiger partial charge on any atom is -0.400 e. The number of hydrogen-bond donors (Lipinski definition) is 0. The smallest absolute Gasteiger partial charge is 0.320 e. The highest BCUT2D eigenvalue weighted by Crippen LogP contribution is 2.44. The summed E-state index contributed by atoms with van der Waals surface area (Å²) in [4.78, 5) is 0. The van der Waals surface area contributed by atoms with Gasteiger partial charge >= 0.3 is 9.28 Å². The summed E-state index contributed by atoms with van der Waals surface area (Å²) in [6.07, 6.45) is 5.13. The normalized spacial score (nSPS) is 13.2. The van der Waals surface area contributed by atoms with Crippen LogP contribution in [0.3, 0.4) is 0 Å². The zero-order valence-corrected chi connectivity index (χ0v) is 20.2. The van der Waals surface area contributed by atoms with Crippen molar-refractivity contribution in [2.45, 2.75) is 96.8 Å². The van der Waals surface area contributed by atoms with Crippen LogP contribution in [0.15, 0.2) is 0 Å². The van der Waals surface area contributed by atoms with Gasteiger partial charge in [-0.15, -0.1) is 0 Å². The van der Waals surface area contributed by atoms with Crippen molar-refractivity contribution in [1.29, 1.82) is 0 Å². The van der Waals surface area contributed by atoms with Crippen LogP contribution in [0.5, 0.6) is 0 Å². The van der Waals surface area contributed by atoms with Crippen LogP contribution in [0.4, 0.5) is 0 Å². The topological polar surface area (TPSA) is 21.7 Å². The third-order valence-corrected chi connectivity index (χ3v) is 14.8. The van der Waals surface area contributed by atoms with Gasteiger partial charge in [-0.05, 0) is 48.6 Å². The van der Waals surface area contributed by atoms with Gasteiger partial charge in [0.15, 0.2) is 0 Å². The van der Waals surface area contributed by atoms with Gasteiger partial charge in [-0.25, -0.2) is 0 Å². The molecule has 0 saturated heterocycles. The zero-order chi connectivity index (χ0) is 18.8. The van der Waals surface area contributed by atoms with Crippen LogP contribution in [0.1, 0.15) is 74.1 Å². The standard InChI is InChI=1S/C19H45NO2Si2/c1-10-11-14-20(15-12-13-16-23(21-8)22-9)24(17(2)3,18(4)5)19(6)7/h17-19,23H,10-16H2,1-9H3. The van der Waals surface area contributed by atoms with Crippen LogP contribution in [-0.2, 0) is 8.85 Å². The summed E-state index contributed by atoms with van der Waals surface area (Å²) in [7, 11) is 0.696. The van der Waals surface area contributed by atoms with Gasteiger partial charge in [-0.1, -0.05) is 61.3 Å². The average molecular weight is 376 g/mol. The molecule has 0 aromatic carbocycles. The Labute approximate surface area is 155 Å². The summed E-state index contributed by atoms with van der Waals surface area (Å²) >= 11 is 0. The highest BCUT2D eigenvalue weighted by Gasteiger charge is 2.47. The predicted molar refractivity (Wildman–Crippen MR) is 113 cm³/mol. The van der Waals surface area contributed by atoms with Crippen molar-refractivity contribution in [1.82, 2.24) is 4.57 Å². The van der Waals surface area contributed by atoms with E-state index in [2.05, 4.69) is 53.0 Å². The molecule has 0 aliphatic carbocycles. The number of nitrogens with zero attached hydrogens (tertiary/aromatic N) is 1. The molecule has 0 saturated carbocycles. The first kappa shape index (κ1) is 24.3. The number of unbranched alkanes of at least 4 members (excludes halogenated alkanes) is 2. The Bertz CT molecular complexity index is 286. The van der Waals surface area contributed by atoms with E-state index in [1.807, 2.05) is 0 Å². The maximum absolute atomic E-state index is 5.47. The van der Waals surface area contributed by atoms with Crippen LogP contribution < -0.4 is 0 Å². The predicted octanol–water partition coefficient (Wildman–Crippen LogP) is 5.56. The van der Waals surface area contributed by atoms with E-state index in [1.54, 1.807) is 14.2 Å². The molecule has 146 valence electrons. The lowest BCUT2D eigenvalue weighted by molar-refractivity contribution is 0.275. The molecular weight excluding hydrogens is 330 g/mol. The Morgan fingerprint density at radius 3 is 1.62 bits per heavy atom. The monoisotopic (exact) mass is 375 g/mol. The maximum Gasteiger partial charge on any atom is 0.320 e. The highest BCUT2D eigenvalue weighted by atomic mass is 28.3. The first-order valence-electron chi connectivity index (χ1n) is 10.1. The Kier molecular flexibility index (Phi) is 12.8. The van der Waals surface area contributed by atoms with E-state index in [0.717, 1.165) is 22.7 Å². The van der Waals surface area contributed by atoms with Crippen molar-refractivity contribution in [2.75, 3.05) is 27.3 Å². The Morgan fingerprint density at radius 1 is 0.792 bits per heavy atom. The second-order valence-corrected chi connectivity index (χ2v) is 16.3. The summed E-state index contributed by atoms with van der Waals surface area (Å²) in [5.41, 5.74) is 2.40. The molecule has 0 N–H and O–H groups in total. The van der Waals surface area contributed by atoms with E-state index < -0.39 is 17.5 Å². The fourth-order valence-corrected chi connectivity index (χ4v) is 13.5. The lowest BCUT2D eigenvalue weighted by Gasteiger charge is -2.51. The van der Waals surface area contributed by atoms with Gasteiger partial charge in [-0.2, -0.15) is 0 Å². The van der Waals surface area contributed by atoms with E-state index in [1.165, 1.54) is 38.8 Å². The van der Waals surface area contributed by atoms with Crippen molar-refractivity contribution in [3.8, 4) is 0 Å². The molecule has 0 spiro atoms. The van der Waals surface area contributed by atoms with Crippen LogP contribution in [0.2, 0.25) is 22.7 Å². The molecule has 0 fully saturated rings. The molecular formula is C19H45NO2Si2. The number of hydrogen-bond acceptors (Lipinski definition) is 3. The molecule has 0 atom stereocenters. The van der Waals surface area contributed by atoms with Crippen LogP contribution in [0, 0.1) is 0 Å². The van der Waals surface area contributed by atoms with Gasteiger partial charge in [0.1, 0.15) is 8.24 Å². The molecule has 0 heterocycles. The molecule has 0 aromatic heterocycles. The molecule has 5 heteroatoms. The van der Waals surface area contributed by atoms with E-state index >= 15 is 0 Å². The van der Waals surface area contributed by atoms with Crippen LogP contribution >= 0.6 is 0 Å². The molecule has 0 amide bonds. The summed E-state index contributed by atoms with van der Waals surface area (Å²) in [5.74, 6) is 0. The van der Waals surface area contributed by atoms with Crippen molar-refractivity contribution in [3.05, 3.63) is 0 Å². The van der Waals surface area contributed by atoms with E-state index in [4.69, 9.17) is 8.85 Å². The minimum atomic E-state index is -1.51. The first-order valence-corrected chi connectivity index (χ1v) is 14.0. The second kappa shape index (κ2) is 12.6. The molecule has 24 heavy (non-hydrogen) atoms. The highest BCUT2D eigenvalue weighted by molar-refractivity contribution is 6.80. The van der Waals surface area contributed by atoms with Gasteiger partial charge in [0.05, 0.1) is 0 Å². The summed E-state index contributed by atoms with van der Waals surface area (Å²) < 4.78 is 13.9. The summed E-state index contributed by atoms with van der Waals surface area (Å²) in [6, 6.07) is 1.13. The van der Waals surface area contributed by atoms with E-state index in [-0.39, 0.29) is 0 Å². The SMILES string of the molecule is CCCCN(CCCC[SiH](OC)OC)[Si](C(C)C)(C(C)C)C(C)C. The molecule has 0 unspecified atom stereocenters. The molecule has 0 aromatic rings. The molecule has 0 aliphatic heterocycles. The molecule has 0 rings (SSSR count).